The number of amides is 1. The van der Waals surface area contributed by atoms with E-state index < -0.39 is 5.41 Å². The molecule has 0 aliphatic heterocycles. The Labute approximate surface area is 144 Å². The molecule has 0 aromatic heterocycles. The number of hydrogen-bond donors (Lipinski definition) is 1. The van der Waals surface area contributed by atoms with Crippen LogP contribution in [-0.2, 0) is 4.79 Å². The van der Waals surface area contributed by atoms with E-state index in [2.05, 4.69) is 25.2 Å². The molecule has 1 unspecified atom stereocenters. The molecule has 24 heavy (non-hydrogen) atoms. The van der Waals surface area contributed by atoms with Crippen LogP contribution in [-0.4, -0.2) is 19.6 Å². The molecule has 1 N–H and O–H groups in total. The summed E-state index contributed by atoms with van der Waals surface area (Å²) in [6.07, 6.45) is 2.23. The number of nitriles is 1. The lowest BCUT2D eigenvalue weighted by Crippen LogP contribution is -2.45. The minimum Gasteiger partial charge on any atom is -0.493 e. The van der Waals surface area contributed by atoms with Crippen molar-refractivity contribution >= 4 is 5.91 Å². The van der Waals surface area contributed by atoms with E-state index in [0.717, 1.165) is 12.0 Å². The smallest absolute Gasteiger partial charge is 0.240 e. The van der Waals surface area contributed by atoms with Gasteiger partial charge in [-0.1, -0.05) is 19.9 Å². The van der Waals surface area contributed by atoms with Gasteiger partial charge in [0.25, 0.3) is 0 Å². The summed E-state index contributed by atoms with van der Waals surface area (Å²) in [5, 5.41) is 12.2. The molecule has 1 atom stereocenters. The maximum Gasteiger partial charge on any atom is 0.240 e. The zero-order valence-corrected chi connectivity index (χ0v) is 14.9. The van der Waals surface area contributed by atoms with Gasteiger partial charge in [-0.3, -0.25) is 4.79 Å². The average molecular weight is 330 g/mol. The van der Waals surface area contributed by atoms with Gasteiger partial charge in [0, 0.05) is 0 Å². The Balaban J connectivity index is 2.08. The third kappa shape index (κ3) is 3.81. The first-order valence-electron chi connectivity index (χ1n) is 8.45. The first kappa shape index (κ1) is 18.1. The molecule has 1 aliphatic carbocycles. The normalized spacial score (nSPS) is 16.7. The molecule has 130 valence electrons. The lowest BCUT2D eigenvalue weighted by atomic mass is 9.69. The zero-order chi connectivity index (χ0) is 17.7. The van der Waals surface area contributed by atoms with E-state index in [1.54, 1.807) is 7.11 Å². The summed E-state index contributed by atoms with van der Waals surface area (Å²) < 4.78 is 11.2. The lowest BCUT2D eigenvalue weighted by molar-refractivity contribution is -0.132. The Kier molecular flexibility index (Phi) is 5.71. The van der Waals surface area contributed by atoms with Crippen LogP contribution < -0.4 is 14.8 Å². The summed E-state index contributed by atoms with van der Waals surface area (Å²) in [7, 11) is 1.60. The molecule has 0 bridgehead atoms. The molecule has 0 saturated heterocycles. The Hall–Kier alpha value is -2.22. The largest absolute Gasteiger partial charge is 0.493 e. The predicted molar refractivity (Wildman–Crippen MR) is 91.8 cm³/mol. The van der Waals surface area contributed by atoms with Crippen LogP contribution >= 0.6 is 0 Å². The van der Waals surface area contributed by atoms with E-state index in [-0.39, 0.29) is 11.9 Å². The fourth-order valence-electron chi connectivity index (χ4n) is 2.67. The van der Waals surface area contributed by atoms with Crippen molar-refractivity contribution in [1.82, 2.24) is 5.32 Å². The van der Waals surface area contributed by atoms with E-state index in [9.17, 15) is 10.1 Å². The van der Waals surface area contributed by atoms with Crippen molar-refractivity contribution in [1.29, 1.82) is 5.26 Å². The number of benzene rings is 1. The molecule has 5 nitrogen and oxygen atoms in total. The summed E-state index contributed by atoms with van der Waals surface area (Å²) in [5.74, 6) is 1.59. The fraction of sp³-hybridized carbons (Fsp3) is 0.579. The molecule has 0 spiro atoms. The highest BCUT2D eigenvalue weighted by atomic mass is 16.5. The number of carbonyl (C=O) groups excluding carboxylic acids is 1. The second kappa shape index (κ2) is 7.57. The number of rotatable bonds is 7. The Morgan fingerprint density at radius 3 is 2.54 bits per heavy atom. The second-order valence-electron chi connectivity index (χ2n) is 6.86. The van der Waals surface area contributed by atoms with Gasteiger partial charge in [-0.15, -0.1) is 0 Å². The van der Waals surface area contributed by atoms with Crippen molar-refractivity contribution in [2.45, 2.75) is 46.1 Å². The van der Waals surface area contributed by atoms with Crippen LogP contribution in [0.15, 0.2) is 18.2 Å². The maximum atomic E-state index is 12.4. The van der Waals surface area contributed by atoms with Gasteiger partial charge in [0.15, 0.2) is 11.5 Å². The molecule has 0 radical (unpaired) electrons. The lowest BCUT2D eigenvalue weighted by Gasteiger charge is -2.34. The fourth-order valence-corrected chi connectivity index (χ4v) is 2.67. The van der Waals surface area contributed by atoms with Crippen molar-refractivity contribution in [3.05, 3.63) is 23.8 Å². The van der Waals surface area contributed by atoms with Crippen LogP contribution in [0.2, 0.25) is 0 Å². The second-order valence-corrected chi connectivity index (χ2v) is 6.86. The number of nitrogens with one attached hydrogen (secondary N) is 1. The van der Waals surface area contributed by atoms with Crippen LogP contribution in [0, 0.1) is 22.7 Å². The predicted octanol–water partition coefficient (Wildman–Crippen LogP) is 3.60. The van der Waals surface area contributed by atoms with E-state index in [0.29, 0.717) is 36.9 Å². The van der Waals surface area contributed by atoms with Gasteiger partial charge < -0.3 is 14.8 Å². The van der Waals surface area contributed by atoms with Crippen molar-refractivity contribution in [2.75, 3.05) is 13.7 Å². The molecule has 1 amide bonds. The van der Waals surface area contributed by atoms with Crippen molar-refractivity contribution in [3.63, 3.8) is 0 Å². The third-order valence-corrected chi connectivity index (χ3v) is 4.46. The maximum absolute atomic E-state index is 12.4. The number of carbonyl (C=O) groups is 1. The van der Waals surface area contributed by atoms with Gasteiger partial charge in [0.05, 0.1) is 25.8 Å². The minimum atomic E-state index is -0.835. The molecular formula is C19H26N2O3. The molecule has 1 saturated carbocycles. The minimum absolute atomic E-state index is 0.178. The van der Waals surface area contributed by atoms with Crippen molar-refractivity contribution < 1.29 is 14.3 Å². The molecule has 5 heteroatoms. The van der Waals surface area contributed by atoms with Crippen LogP contribution in [0.1, 0.15) is 51.6 Å². The van der Waals surface area contributed by atoms with E-state index >= 15 is 0 Å². The molecule has 1 fully saturated rings. The highest BCUT2D eigenvalue weighted by Crippen LogP contribution is 2.41. The van der Waals surface area contributed by atoms with Gasteiger partial charge in [-0.2, -0.15) is 5.26 Å². The topological polar surface area (TPSA) is 71.3 Å². The number of methoxy groups -OCH3 is 1. The van der Waals surface area contributed by atoms with E-state index in [4.69, 9.17) is 9.47 Å². The Morgan fingerprint density at radius 2 is 2.04 bits per heavy atom. The summed E-state index contributed by atoms with van der Waals surface area (Å²) in [6.45, 7) is 6.70. The van der Waals surface area contributed by atoms with Gasteiger partial charge in [-0.25, -0.2) is 0 Å². The molecule has 1 aromatic carbocycles. The van der Waals surface area contributed by atoms with Crippen LogP contribution in [0.5, 0.6) is 11.5 Å². The van der Waals surface area contributed by atoms with Crippen LogP contribution in [0.25, 0.3) is 0 Å². The standard InChI is InChI=1S/C19H26N2O3/c1-13(2)11-24-16-7-6-15(10-17(16)23-4)14(3)21-18(22)19(12-20)8-5-9-19/h6-7,10,13-14H,5,8-9,11H2,1-4H3,(H,21,22). The zero-order valence-electron chi connectivity index (χ0n) is 14.9. The van der Waals surface area contributed by atoms with Gasteiger partial charge >= 0.3 is 0 Å². The molecule has 2 rings (SSSR count). The number of hydrogen-bond acceptors (Lipinski definition) is 4. The first-order valence-corrected chi connectivity index (χ1v) is 8.45. The van der Waals surface area contributed by atoms with Gasteiger partial charge in [0.2, 0.25) is 5.91 Å². The van der Waals surface area contributed by atoms with E-state index in [1.165, 1.54) is 0 Å². The van der Waals surface area contributed by atoms with Crippen LogP contribution in [0.3, 0.4) is 0 Å². The van der Waals surface area contributed by atoms with Crippen molar-refractivity contribution in [2.24, 2.45) is 11.3 Å². The number of nitrogens with zero attached hydrogens (tertiary/aromatic N) is 1. The highest BCUT2D eigenvalue weighted by molar-refractivity contribution is 5.86. The highest BCUT2D eigenvalue weighted by Gasteiger charge is 2.44. The van der Waals surface area contributed by atoms with Crippen molar-refractivity contribution in [3.8, 4) is 17.6 Å². The Morgan fingerprint density at radius 1 is 1.33 bits per heavy atom. The monoisotopic (exact) mass is 330 g/mol. The molecule has 1 aliphatic rings. The quantitative estimate of drug-likeness (QED) is 0.829. The van der Waals surface area contributed by atoms with E-state index in [1.807, 2.05) is 25.1 Å². The SMILES string of the molecule is COc1cc(C(C)NC(=O)C2(C#N)CCC2)ccc1OCC(C)C. The van der Waals surface area contributed by atoms with Gasteiger partial charge in [0.1, 0.15) is 5.41 Å². The molecular weight excluding hydrogens is 304 g/mol. The summed E-state index contributed by atoms with van der Waals surface area (Å²) >= 11 is 0. The third-order valence-electron chi connectivity index (χ3n) is 4.46. The summed E-state index contributed by atoms with van der Waals surface area (Å²) in [5.41, 5.74) is 0.0862. The first-order chi connectivity index (χ1) is 11.4. The average Bonchev–Trinajstić information content (AvgIpc) is 2.52. The summed E-state index contributed by atoms with van der Waals surface area (Å²) in [6, 6.07) is 7.63. The number of ether oxygens (including phenoxy) is 2. The summed E-state index contributed by atoms with van der Waals surface area (Å²) in [4.78, 5) is 12.4. The molecule has 1 aromatic rings. The Bertz CT molecular complexity index is 630. The molecule has 0 heterocycles. The van der Waals surface area contributed by atoms with Crippen LogP contribution in [0.4, 0.5) is 0 Å². The van der Waals surface area contributed by atoms with Gasteiger partial charge in [-0.05, 0) is 49.8 Å².